The Morgan fingerprint density at radius 2 is 2.00 bits per heavy atom. The van der Waals surface area contributed by atoms with Gasteiger partial charge in [-0.1, -0.05) is 6.58 Å². The van der Waals surface area contributed by atoms with Crippen molar-refractivity contribution in [2.45, 2.75) is 0 Å². The van der Waals surface area contributed by atoms with Crippen molar-refractivity contribution in [1.82, 2.24) is 0 Å². The molecule has 1 heterocycles. The highest BCUT2D eigenvalue weighted by molar-refractivity contribution is 6.04. The van der Waals surface area contributed by atoms with E-state index < -0.39 is 0 Å². The van der Waals surface area contributed by atoms with Crippen molar-refractivity contribution in [3.05, 3.63) is 36.4 Å². The van der Waals surface area contributed by atoms with Crippen LogP contribution < -0.4 is 9.47 Å². The van der Waals surface area contributed by atoms with Crippen molar-refractivity contribution in [3.8, 4) is 11.5 Å². The van der Waals surface area contributed by atoms with Gasteiger partial charge in [0.1, 0.15) is 13.2 Å². The van der Waals surface area contributed by atoms with E-state index in [2.05, 4.69) is 6.58 Å². The van der Waals surface area contributed by atoms with Gasteiger partial charge in [-0.2, -0.15) is 0 Å². The Kier molecular flexibility index (Phi) is 2.23. The van der Waals surface area contributed by atoms with Crippen molar-refractivity contribution < 1.29 is 14.3 Å². The highest BCUT2D eigenvalue weighted by Crippen LogP contribution is 2.30. The normalized spacial score (nSPS) is 13.4. The maximum Gasteiger partial charge on any atom is 0.185 e. The van der Waals surface area contributed by atoms with Gasteiger partial charge in [-0.15, -0.1) is 0 Å². The summed E-state index contributed by atoms with van der Waals surface area (Å²) in [5.41, 5.74) is 0.573. The fraction of sp³-hybridized carbons (Fsp3) is 0.182. The standard InChI is InChI=1S/C11H10O3/c1-2-9(12)8-3-4-10-11(7-8)14-6-5-13-10/h2-4,7H,1,5-6H2. The van der Waals surface area contributed by atoms with Crippen LogP contribution in [0.5, 0.6) is 11.5 Å². The first kappa shape index (κ1) is 8.81. The fourth-order valence-corrected chi connectivity index (χ4v) is 1.31. The monoisotopic (exact) mass is 190 g/mol. The van der Waals surface area contributed by atoms with Gasteiger partial charge in [-0.25, -0.2) is 0 Å². The third-order valence-electron chi connectivity index (χ3n) is 2.01. The summed E-state index contributed by atoms with van der Waals surface area (Å²) in [4.78, 5) is 11.3. The Hall–Kier alpha value is -1.77. The fourth-order valence-electron chi connectivity index (χ4n) is 1.31. The van der Waals surface area contributed by atoms with Gasteiger partial charge < -0.3 is 9.47 Å². The van der Waals surface area contributed by atoms with Gasteiger partial charge in [0.15, 0.2) is 17.3 Å². The van der Waals surface area contributed by atoms with Gasteiger partial charge in [0.25, 0.3) is 0 Å². The predicted molar refractivity (Wildman–Crippen MR) is 52.0 cm³/mol. The van der Waals surface area contributed by atoms with Crippen LogP contribution in [0.15, 0.2) is 30.9 Å². The van der Waals surface area contributed by atoms with Crippen molar-refractivity contribution >= 4 is 5.78 Å². The summed E-state index contributed by atoms with van der Waals surface area (Å²) in [5.74, 6) is 1.21. The number of ether oxygens (including phenoxy) is 2. The van der Waals surface area contributed by atoms with Crippen LogP contribution in [0.3, 0.4) is 0 Å². The maximum absolute atomic E-state index is 11.3. The van der Waals surface area contributed by atoms with Crippen LogP contribution in [0.2, 0.25) is 0 Å². The summed E-state index contributed by atoms with van der Waals surface area (Å²) >= 11 is 0. The molecule has 0 unspecified atom stereocenters. The minimum absolute atomic E-state index is 0.109. The zero-order valence-corrected chi connectivity index (χ0v) is 7.66. The zero-order valence-electron chi connectivity index (χ0n) is 7.66. The number of rotatable bonds is 2. The van der Waals surface area contributed by atoms with Crippen molar-refractivity contribution in [3.63, 3.8) is 0 Å². The molecule has 1 aromatic rings. The molecule has 0 saturated heterocycles. The van der Waals surface area contributed by atoms with E-state index in [1.165, 1.54) is 6.08 Å². The van der Waals surface area contributed by atoms with Gasteiger partial charge in [-0.05, 0) is 24.3 Å². The van der Waals surface area contributed by atoms with Crippen molar-refractivity contribution in [1.29, 1.82) is 0 Å². The average molecular weight is 190 g/mol. The van der Waals surface area contributed by atoms with Gasteiger partial charge in [-0.3, -0.25) is 4.79 Å². The van der Waals surface area contributed by atoms with E-state index in [4.69, 9.17) is 9.47 Å². The molecule has 0 atom stereocenters. The second-order valence-electron chi connectivity index (χ2n) is 2.93. The molecule has 0 amide bonds. The number of hydrogen-bond acceptors (Lipinski definition) is 3. The Morgan fingerprint density at radius 1 is 1.29 bits per heavy atom. The molecule has 0 radical (unpaired) electrons. The summed E-state index contributed by atoms with van der Waals surface area (Å²) < 4.78 is 10.7. The van der Waals surface area contributed by atoms with Crippen LogP contribution in [0.25, 0.3) is 0 Å². The predicted octanol–water partition coefficient (Wildman–Crippen LogP) is 1.83. The number of fused-ring (bicyclic) bond motifs is 1. The minimum Gasteiger partial charge on any atom is -0.486 e. The Balaban J connectivity index is 2.38. The van der Waals surface area contributed by atoms with E-state index in [-0.39, 0.29) is 5.78 Å². The molecule has 72 valence electrons. The summed E-state index contributed by atoms with van der Waals surface area (Å²) in [6, 6.07) is 5.13. The number of ketones is 1. The molecule has 0 aliphatic carbocycles. The molecule has 0 fully saturated rings. The first-order chi connectivity index (χ1) is 6.81. The average Bonchev–Trinajstić information content (AvgIpc) is 2.27. The lowest BCUT2D eigenvalue weighted by atomic mass is 10.1. The Labute approximate surface area is 81.9 Å². The molecule has 0 aromatic heterocycles. The number of hydrogen-bond donors (Lipinski definition) is 0. The Bertz CT molecular complexity index is 382. The first-order valence-corrected chi connectivity index (χ1v) is 4.37. The molecule has 3 nitrogen and oxygen atoms in total. The third-order valence-corrected chi connectivity index (χ3v) is 2.01. The van der Waals surface area contributed by atoms with E-state index in [0.29, 0.717) is 30.3 Å². The lowest BCUT2D eigenvalue weighted by molar-refractivity contribution is 0.104. The molecule has 1 aromatic carbocycles. The summed E-state index contributed by atoms with van der Waals surface area (Å²) in [5, 5.41) is 0. The Morgan fingerprint density at radius 3 is 2.71 bits per heavy atom. The molecule has 0 bridgehead atoms. The highest BCUT2D eigenvalue weighted by Gasteiger charge is 2.13. The third kappa shape index (κ3) is 1.48. The summed E-state index contributed by atoms with van der Waals surface area (Å²) in [6.07, 6.45) is 1.28. The largest absolute Gasteiger partial charge is 0.486 e. The lowest BCUT2D eigenvalue weighted by Crippen LogP contribution is -2.15. The van der Waals surface area contributed by atoms with Crippen LogP contribution in [0, 0.1) is 0 Å². The zero-order chi connectivity index (χ0) is 9.97. The molecule has 2 rings (SSSR count). The SMILES string of the molecule is C=CC(=O)c1ccc2c(c1)OCCO2. The quantitative estimate of drug-likeness (QED) is 0.527. The van der Waals surface area contributed by atoms with Crippen LogP contribution in [-0.4, -0.2) is 19.0 Å². The molecular formula is C11H10O3. The second-order valence-corrected chi connectivity index (χ2v) is 2.93. The number of carbonyl (C=O) groups excluding carboxylic acids is 1. The first-order valence-electron chi connectivity index (χ1n) is 4.37. The topological polar surface area (TPSA) is 35.5 Å². The van der Waals surface area contributed by atoms with Crippen LogP contribution in [0.4, 0.5) is 0 Å². The molecule has 1 aliphatic heterocycles. The molecule has 1 aliphatic rings. The highest BCUT2D eigenvalue weighted by atomic mass is 16.6. The van der Waals surface area contributed by atoms with Gasteiger partial charge in [0, 0.05) is 5.56 Å². The van der Waals surface area contributed by atoms with E-state index >= 15 is 0 Å². The van der Waals surface area contributed by atoms with Gasteiger partial charge in [0.2, 0.25) is 0 Å². The van der Waals surface area contributed by atoms with E-state index in [0.717, 1.165) is 0 Å². The molecule has 0 spiro atoms. The number of benzene rings is 1. The van der Waals surface area contributed by atoms with Crippen molar-refractivity contribution in [2.75, 3.05) is 13.2 Å². The number of carbonyl (C=O) groups is 1. The minimum atomic E-state index is -0.109. The van der Waals surface area contributed by atoms with Crippen LogP contribution >= 0.6 is 0 Å². The smallest absolute Gasteiger partial charge is 0.185 e. The maximum atomic E-state index is 11.3. The second kappa shape index (κ2) is 3.54. The van der Waals surface area contributed by atoms with Crippen LogP contribution in [0.1, 0.15) is 10.4 Å². The molecule has 3 heteroatoms. The van der Waals surface area contributed by atoms with Gasteiger partial charge >= 0.3 is 0 Å². The molecular weight excluding hydrogens is 180 g/mol. The number of allylic oxidation sites excluding steroid dienone is 1. The lowest BCUT2D eigenvalue weighted by Gasteiger charge is -2.18. The molecule has 0 saturated carbocycles. The molecule has 14 heavy (non-hydrogen) atoms. The van der Waals surface area contributed by atoms with Crippen molar-refractivity contribution in [2.24, 2.45) is 0 Å². The van der Waals surface area contributed by atoms with E-state index in [1.54, 1.807) is 18.2 Å². The molecule has 0 N–H and O–H groups in total. The van der Waals surface area contributed by atoms with Crippen LogP contribution in [-0.2, 0) is 0 Å². The van der Waals surface area contributed by atoms with E-state index in [9.17, 15) is 4.79 Å². The van der Waals surface area contributed by atoms with E-state index in [1.807, 2.05) is 0 Å². The summed E-state index contributed by atoms with van der Waals surface area (Å²) in [7, 11) is 0. The van der Waals surface area contributed by atoms with Gasteiger partial charge in [0.05, 0.1) is 0 Å². The summed E-state index contributed by atoms with van der Waals surface area (Å²) in [6.45, 7) is 4.51.